The number of aromatic nitrogens is 1. The van der Waals surface area contributed by atoms with Gasteiger partial charge in [0.1, 0.15) is 0 Å². The van der Waals surface area contributed by atoms with Crippen LogP contribution in [-0.2, 0) is 9.84 Å². The van der Waals surface area contributed by atoms with Gasteiger partial charge in [0.25, 0.3) is 0 Å². The van der Waals surface area contributed by atoms with E-state index in [0.29, 0.717) is 12.0 Å². The van der Waals surface area contributed by atoms with Crippen LogP contribution >= 0.6 is 11.6 Å². The molecule has 1 fully saturated rings. The first kappa shape index (κ1) is 13.6. The smallest absolute Gasteiger partial charge is 0.179 e. The lowest BCUT2D eigenvalue weighted by atomic mass is 10.2. The van der Waals surface area contributed by atoms with Gasteiger partial charge in [-0.2, -0.15) is 0 Å². The number of sulfone groups is 1. The fourth-order valence-corrected chi connectivity index (χ4v) is 4.52. The number of alkyl halides is 1. The minimum absolute atomic E-state index is 0.0484. The summed E-state index contributed by atoms with van der Waals surface area (Å²) in [4.78, 5) is 11.7. The predicted octanol–water partition coefficient (Wildman–Crippen LogP) is 1.89. The molecule has 0 radical (unpaired) electrons. The number of carbonyl (C=O) groups is 1. The molecule has 1 saturated heterocycles. The van der Waals surface area contributed by atoms with Crippen molar-refractivity contribution in [3.63, 3.8) is 0 Å². The Balaban J connectivity index is 2.41. The monoisotopic (exact) mass is 289 g/mol. The molecule has 0 bridgehead atoms. The van der Waals surface area contributed by atoms with Crippen LogP contribution in [0.2, 0.25) is 0 Å². The second-order valence-electron chi connectivity index (χ2n) is 4.77. The van der Waals surface area contributed by atoms with E-state index in [-0.39, 0.29) is 29.2 Å². The number of halogens is 1. The van der Waals surface area contributed by atoms with Gasteiger partial charge in [0, 0.05) is 23.0 Å². The SMILES string of the molecule is Cc1cc(C(=O)CCl)c(C)n1[C@@H]1CCS(=O)(=O)C1. The van der Waals surface area contributed by atoms with Crippen molar-refractivity contribution in [1.82, 2.24) is 4.57 Å². The fraction of sp³-hybridized carbons (Fsp3) is 0.583. The summed E-state index contributed by atoms with van der Waals surface area (Å²) in [7, 11) is -2.93. The second kappa shape index (κ2) is 4.70. The van der Waals surface area contributed by atoms with Crippen molar-refractivity contribution in [1.29, 1.82) is 0 Å². The van der Waals surface area contributed by atoms with Crippen LogP contribution in [0.4, 0.5) is 0 Å². The van der Waals surface area contributed by atoms with Gasteiger partial charge in [-0.1, -0.05) is 0 Å². The molecule has 18 heavy (non-hydrogen) atoms. The Morgan fingerprint density at radius 2 is 2.17 bits per heavy atom. The molecule has 1 atom stereocenters. The molecule has 1 aliphatic rings. The van der Waals surface area contributed by atoms with Crippen molar-refractivity contribution in [2.45, 2.75) is 26.3 Å². The first-order chi connectivity index (χ1) is 8.35. The highest BCUT2D eigenvalue weighted by Crippen LogP contribution is 2.29. The number of Topliss-reactive ketones (excluding diaryl/α,β-unsaturated/α-hetero) is 1. The van der Waals surface area contributed by atoms with E-state index in [1.807, 2.05) is 18.4 Å². The van der Waals surface area contributed by atoms with Crippen LogP contribution in [0.1, 0.15) is 34.2 Å². The predicted molar refractivity (Wildman–Crippen MR) is 71.3 cm³/mol. The van der Waals surface area contributed by atoms with Gasteiger partial charge in [0.15, 0.2) is 15.6 Å². The van der Waals surface area contributed by atoms with E-state index in [0.717, 1.165) is 11.4 Å². The summed E-state index contributed by atoms with van der Waals surface area (Å²) >= 11 is 5.57. The lowest BCUT2D eigenvalue weighted by molar-refractivity contribution is 0.102. The molecule has 0 amide bonds. The molecular formula is C12H16ClNO3S. The Labute approximate surface area is 112 Å². The van der Waals surface area contributed by atoms with Crippen LogP contribution in [0.25, 0.3) is 0 Å². The summed E-state index contributed by atoms with van der Waals surface area (Å²) in [6.45, 7) is 3.74. The van der Waals surface area contributed by atoms with E-state index < -0.39 is 9.84 Å². The molecule has 0 saturated carbocycles. The van der Waals surface area contributed by atoms with E-state index in [4.69, 9.17) is 11.6 Å². The molecule has 0 aromatic carbocycles. The van der Waals surface area contributed by atoms with Gasteiger partial charge in [-0.25, -0.2) is 8.42 Å². The molecule has 0 unspecified atom stereocenters. The first-order valence-corrected chi connectivity index (χ1v) is 8.19. The van der Waals surface area contributed by atoms with E-state index >= 15 is 0 Å². The molecule has 2 rings (SSSR count). The van der Waals surface area contributed by atoms with Gasteiger partial charge in [-0.15, -0.1) is 11.6 Å². The van der Waals surface area contributed by atoms with Crippen molar-refractivity contribution < 1.29 is 13.2 Å². The molecule has 1 aromatic heterocycles. The van der Waals surface area contributed by atoms with Crippen molar-refractivity contribution in [3.05, 3.63) is 23.0 Å². The third-order valence-electron chi connectivity index (χ3n) is 3.48. The summed E-state index contributed by atoms with van der Waals surface area (Å²) in [5.41, 5.74) is 2.34. The zero-order valence-corrected chi connectivity index (χ0v) is 12.0. The number of hydrogen-bond acceptors (Lipinski definition) is 3. The highest BCUT2D eigenvalue weighted by molar-refractivity contribution is 7.91. The van der Waals surface area contributed by atoms with E-state index in [1.165, 1.54) is 0 Å². The standard InChI is InChI=1S/C12H16ClNO3S/c1-8-5-11(12(15)6-13)9(2)14(8)10-3-4-18(16,17)7-10/h5,10H,3-4,6-7H2,1-2H3/t10-/m1/s1. The molecule has 6 heteroatoms. The second-order valence-corrected chi connectivity index (χ2v) is 7.26. The minimum atomic E-state index is -2.93. The largest absolute Gasteiger partial charge is 0.344 e. The van der Waals surface area contributed by atoms with Crippen LogP contribution in [0, 0.1) is 13.8 Å². The normalized spacial score (nSPS) is 22.3. The summed E-state index contributed by atoms with van der Waals surface area (Å²) in [6.07, 6.45) is 0.618. The molecule has 1 aliphatic heterocycles. The van der Waals surface area contributed by atoms with Crippen molar-refractivity contribution >= 4 is 27.2 Å². The summed E-state index contributed by atoms with van der Waals surface area (Å²) in [5, 5.41) is 0. The Bertz CT molecular complexity index is 589. The summed E-state index contributed by atoms with van der Waals surface area (Å²) in [6, 6.07) is 1.75. The van der Waals surface area contributed by atoms with Gasteiger partial charge < -0.3 is 4.57 Å². The van der Waals surface area contributed by atoms with Crippen molar-refractivity contribution in [2.24, 2.45) is 0 Å². The van der Waals surface area contributed by atoms with Gasteiger partial charge in [0.2, 0.25) is 0 Å². The van der Waals surface area contributed by atoms with Crippen molar-refractivity contribution in [2.75, 3.05) is 17.4 Å². The van der Waals surface area contributed by atoms with Gasteiger partial charge >= 0.3 is 0 Å². The quantitative estimate of drug-likeness (QED) is 0.631. The van der Waals surface area contributed by atoms with Crippen LogP contribution in [0.3, 0.4) is 0 Å². The van der Waals surface area contributed by atoms with Gasteiger partial charge in [-0.05, 0) is 26.3 Å². The zero-order valence-electron chi connectivity index (χ0n) is 10.4. The van der Waals surface area contributed by atoms with E-state index in [2.05, 4.69) is 0 Å². The molecule has 1 aromatic rings. The number of aryl methyl sites for hydroxylation is 1. The Morgan fingerprint density at radius 1 is 1.50 bits per heavy atom. The van der Waals surface area contributed by atoms with Crippen LogP contribution in [-0.4, -0.2) is 36.2 Å². The highest BCUT2D eigenvalue weighted by Gasteiger charge is 2.31. The molecule has 0 aliphatic carbocycles. The molecule has 0 spiro atoms. The topological polar surface area (TPSA) is 56.1 Å². The maximum absolute atomic E-state index is 11.7. The fourth-order valence-electron chi connectivity index (χ4n) is 2.67. The molecule has 4 nitrogen and oxygen atoms in total. The zero-order chi connectivity index (χ0) is 13.5. The van der Waals surface area contributed by atoms with Crippen LogP contribution < -0.4 is 0 Å². The maximum atomic E-state index is 11.7. The summed E-state index contributed by atoms with van der Waals surface area (Å²) in [5.74, 6) is 0.232. The number of hydrogen-bond donors (Lipinski definition) is 0. The van der Waals surface area contributed by atoms with E-state index in [1.54, 1.807) is 6.07 Å². The maximum Gasteiger partial charge on any atom is 0.179 e. The average molecular weight is 290 g/mol. The lowest BCUT2D eigenvalue weighted by Gasteiger charge is -2.16. The average Bonchev–Trinajstić information content (AvgIpc) is 2.78. The molecular weight excluding hydrogens is 274 g/mol. The molecule has 2 heterocycles. The number of ketones is 1. The minimum Gasteiger partial charge on any atom is -0.344 e. The molecule has 0 N–H and O–H groups in total. The number of rotatable bonds is 3. The highest BCUT2D eigenvalue weighted by atomic mass is 35.5. The summed E-state index contributed by atoms with van der Waals surface area (Å²) < 4.78 is 25.0. The van der Waals surface area contributed by atoms with Crippen molar-refractivity contribution in [3.8, 4) is 0 Å². The third kappa shape index (κ3) is 2.34. The van der Waals surface area contributed by atoms with Crippen LogP contribution in [0.15, 0.2) is 6.07 Å². The van der Waals surface area contributed by atoms with Crippen LogP contribution in [0.5, 0.6) is 0 Å². The van der Waals surface area contributed by atoms with E-state index in [9.17, 15) is 13.2 Å². The Morgan fingerprint density at radius 3 is 2.67 bits per heavy atom. The third-order valence-corrected chi connectivity index (χ3v) is 5.47. The molecule has 100 valence electrons. The van der Waals surface area contributed by atoms with Gasteiger partial charge in [0.05, 0.1) is 17.4 Å². The number of carbonyl (C=O) groups excluding carboxylic acids is 1. The Hall–Kier alpha value is -0.810. The number of nitrogens with zero attached hydrogens (tertiary/aromatic N) is 1. The van der Waals surface area contributed by atoms with Gasteiger partial charge in [-0.3, -0.25) is 4.79 Å². The first-order valence-electron chi connectivity index (χ1n) is 5.83. The Kier molecular flexibility index (Phi) is 3.56. The lowest BCUT2D eigenvalue weighted by Crippen LogP contribution is -2.14.